The lowest BCUT2D eigenvalue weighted by atomic mass is 10.1. The number of nitrogens with one attached hydrogen (secondary N) is 2. The predicted octanol–water partition coefficient (Wildman–Crippen LogP) is 2.86. The Morgan fingerprint density at radius 3 is 2.69 bits per heavy atom. The van der Waals surface area contributed by atoms with Crippen molar-refractivity contribution in [2.75, 3.05) is 6.54 Å². The summed E-state index contributed by atoms with van der Waals surface area (Å²) in [6, 6.07) is 4.82. The quantitative estimate of drug-likeness (QED) is 0.464. The van der Waals surface area contributed by atoms with Crippen molar-refractivity contribution in [3.63, 3.8) is 0 Å². The molecule has 0 spiro atoms. The minimum absolute atomic E-state index is 0.186. The molecule has 0 bridgehead atoms. The number of aliphatic hydroxyl groups excluding tert-OH is 1. The van der Waals surface area contributed by atoms with Gasteiger partial charge in [0, 0.05) is 11.6 Å². The minimum atomic E-state index is -4.46. The number of amides is 1. The van der Waals surface area contributed by atoms with Crippen LogP contribution in [0.3, 0.4) is 0 Å². The molecule has 7 nitrogen and oxygen atoms in total. The fourth-order valence-corrected chi connectivity index (χ4v) is 3.36. The molecule has 3 rings (SSSR count). The van der Waals surface area contributed by atoms with Gasteiger partial charge in [0.25, 0.3) is 5.91 Å². The van der Waals surface area contributed by atoms with Crippen LogP contribution in [0.2, 0.25) is 0 Å². The summed E-state index contributed by atoms with van der Waals surface area (Å²) >= 11 is 1.28. The maximum absolute atomic E-state index is 12.7. The molecular formula is C18H18F3N5O2S. The summed E-state index contributed by atoms with van der Waals surface area (Å²) in [5.41, 5.74) is 6.30. The number of H-pyrrole nitrogens is 1. The molecule has 0 saturated carbocycles. The largest absolute Gasteiger partial charge is 0.417 e. The molecule has 0 fully saturated rings. The van der Waals surface area contributed by atoms with E-state index in [2.05, 4.69) is 20.3 Å². The third-order valence-corrected chi connectivity index (χ3v) is 4.97. The van der Waals surface area contributed by atoms with Crippen LogP contribution in [0.1, 0.15) is 39.2 Å². The maximum atomic E-state index is 12.7. The average molecular weight is 425 g/mol. The molecule has 0 aliphatic heterocycles. The molecule has 29 heavy (non-hydrogen) atoms. The first-order chi connectivity index (χ1) is 13.8. The van der Waals surface area contributed by atoms with Crippen molar-refractivity contribution in [2.24, 2.45) is 5.73 Å². The molecule has 0 saturated heterocycles. The van der Waals surface area contributed by atoms with Crippen molar-refractivity contribution in [2.45, 2.75) is 25.2 Å². The van der Waals surface area contributed by atoms with E-state index in [9.17, 15) is 18.0 Å². The molecule has 1 unspecified atom stereocenters. The molecule has 3 aromatic rings. The van der Waals surface area contributed by atoms with Gasteiger partial charge >= 0.3 is 6.18 Å². The number of nitrogens with zero attached hydrogens (tertiary/aromatic N) is 2. The van der Waals surface area contributed by atoms with E-state index >= 15 is 0 Å². The number of carbonyl (C=O) groups is 1. The highest BCUT2D eigenvalue weighted by atomic mass is 32.1. The number of halogens is 3. The third kappa shape index (κ3) is 5.00. The first-order valence-corrected chi connectivity index (χ1v) is 9.48. The second-order valence-electron chi connectivity index (χ2n) is 6.14. The van der Waals surface area contributed by atoms with E-state index in [1.165, 1.54) is 23.5 Å². The molecule has 11 heteroatoms. The van der Waals surface area contributed by atoms with Crippen LogP contribution in [0.15, 0.2) is 35.8 Å². The highest BCUT2D eigenvalue weighted by molar-refractivity contribution is 7.09. The van der Waals surface area contributed by atoms with Crippen molar-refractivity contribution in [1.82, 2.24) is 20.3 Å². The van der Waals surface area contributed by atoms with Gasteiger partial charge in [-0.15, -0.1) is 11.3 Å². The van der Waals surface area contributed by atoms with E-state index in [0.29, 0.717) is 29.4 Å². The molecular weight excluding hydrogens is 407 g/mol. The van der Waals surface area contributed by atoms with E-state index in [0.717, 1.165) is 12.3 Å². The molecule has 1 amide bonds. The van der Waals surface area contributed by atoms with E-state index in [1.54, 1.807) is 11.4 Å². The summed E-state index contributed by atoms with van der Waals surface area (Å²) in [6.45, 7) is 0.135. The van der Waals surface area contributed by atoms with E-state index in [1.807, 2.05) is 0 Å². The van der Waals surface area contributed by atoms with Crippen LogP contribution in [0.4, 0.5) is 13.2 Å². The Bertz CT molecular complexity index is 969. The summed E-state index contributed by atoms with van der Waals surface area (Å²) < 4.78 is 38.0. The molecule has 154 valence electrons. The number of thiazole rings is 1. The second kappa shape index (κ2) is 8.72. The zero-order chi connectivity index (χ0) is 21.0. The van der Waals surface area contributed by atoms with Crippen LogP contribution in [0.5, 0.6) is 0 Å². The molecule has 5 N–H and O–H groups in total. The monoisotopic (exact) mass is 425 g/mol. The van der Waals surface area contributed by atoms with Gasteiger partial charge in [-0.2, -0.15) is 13.2 Å². The Labute approximate surface area is 167 Å². The van der Waals surface area contributed by atoms with Crippen molar-refractivity contribution in [1.29, 1.82) is 0 Å². The predicted molar refractivity (Wildman–Crippen MR) is 101 cm³/mol. The molecule has 0 aliphatic carbocycles. The van der Waals surface area contributed by atoms with Crippen LogP contribution in [0.25, 0.3) is 11.4 Å². The van der Waals surface area contributed by atoms with Crippen LogP contribution >= 0.6 is 11.3 Å². The number of hydrogen-bond donors (Lipinski definition) is 4. The van der Waals surface area contributed by atoms with Crippen LogP contribution in [0, 0.1) is 0 Å². The fourth-order valence-electron chi connectivity index (χ4n) is 2.65. The molecule has 3 heterocycles. The van der Waals surface area contributed by atoms with Gasteiger partial charge in [0.05, 0.1) is 35.3 Å². The first-order valence-electron chi connectivity index (χ1n) is 8.60. The van der Waals surface area contributed by atoms with Gasteiger partial charge in [-0.3, -0.25) is 9.78 Å². The molecule has 1 atom stereocenters. The Balaban J connectivity index is 1.74. The normalized spacial score (nSPS) is 12.7. The zero-order valence-electron chi connectivity index (χ0n) is 15.0. The second-order valence-corrected chi connectivity index (χ2v) is 7.09. The van der Waals surface area contributed by atoms with Crippen LogP contribution in [-0.2, 0) is 12.8 Å². The summed E-state index contributed by atoms with van der Waals surface area (Å²) in [5.74, 6) is -0.417. The lowest BCUT2D eigenvalue weighted by molar-refractivity contribution is -0.137. The zero-order valence-corrected chi connectivity index (χ0v) is 15.8. The number of hydrogen-bond acceptors (Lipinski definition) is 6. The van der Waals surface area contributed by atoms with Gasteiger partial charge < -0.3 is 21.1 Å². The van der Waals surface area contributed by atoms with Gasteiger partial charge in [0.1, 0.15) is 10.7 Å². The number of alkyl halides is 3. The number of carbonyl (C=O) groups excluding carboxylic acids is 1. The summed E-state index contributed by atoms with van der Waals surface area (Å²) in [5, 5.41) is 14.3. The molecule has 3 aromatic heterocycles. The smallest absolute Gasteiger partial charge is 0.389 e. The highest BCUT2D eigenvalue weighted by Crippen LogP contribution is 2.29. The number of aromatic amines is 1. The number of aliphatic hydroxyl groups is 1. The number of rotatable bonds is 7. The Morgan fingerprint density at radius 2 is 2.10 bits per heavy atom. The number of pyridine rings is 1. The summed E-state index contributed by atoms with van der Waals surface area (Å²) in [4.78, 5) is 23.5. The summed E-state index contributed by atoms with van der Waals surface area (Å²) in [7, 11) is 0. The number of aromatic nitrogens is 3. The van der Waals surface area contributed by atoms with Crippen molar-refractivity contribution < 1.29 is 23.1 Å². The van der Waals surface area contributed by atoms with E-state index < -0.39 is 23.7 Å². The SMILES string of the molecule is NCCC(NC(=O)c1ccc(-c2ccc(C(F)(F)F)cn2)[nH]1)c1csc(CO)n1. The third-order valence-electron chi connectivity index (χ3n) is 4.12. The van der Waals surface area contributed by atoms with Gasteiger partial charge in [0.2, 0.25) is 0 Å². The van der Waals surface area contributed by atoms with Gasteiger partial charge in [-0.1, -0.05) is 0 Å². The lowest BCUT2D eigenvalue weighted by Gasteiger charge is -2.15. The number of nitrogens with two attached hydrogens (primary N) is 1. The lowest BCUT2D eigenvalue weighted by Crippen LogP contribution is -2.30. The van der Waals surface area contributed by atoms with Crippen LogP contribution < -0.4 is 11.1 Å². The molecule has 0 radical (unpaired) electrons. The van der Waals surface area contributed by atoms with Crippen molar-refractivity contribution in [3.05, 3.63) is 57.8 Å². The topological polar surface area (TPSA) is 117 Å². The molecule has 0 aliphatic rings. The first kappa shape index (κ1) is 21.0. The molecule has 0 aromatic carbocycles. The average Bonchev–Trinajstić information content (AvgIpc) is 3.37. The fraction of sp³-hybridized carbons (Fsp3) is 0.278. The Morgan fingerprint density at radius 1 is 1.31 bits per heavy atom. The van der Waals surface area contributed by atoms with E-state index in [4.69, 9.17) is 10.8 Å². The van der Waals surface area contributed by atoms with Gasteiger partial charge in [0.15, 0.2) is 0 Å². The minimum Gasteiger partial charge on any atom is -0.389 e. The maximum Gasteiger partial charge on any atom is 0.417 e. The highest BCUT2D eigenvalue weighted by Gasteiger charge is 2.30. The van der Waals surface area contributed by atoms with E-state index in [-0.39, 0.29) is 18.0 Å². The van der Waals surface area contributed by atoms with Crippen molar-refractivity contribution in [3.8, 4) is 11.4 Å². The summed E-state index contributed by atoms with van der Waals surface area (Å²) in [6.07, 6.45) is -3.27. The van der Waals surface area contributed by atoms with Gasteiger partial charge in [-0.25, -0.2) is 4.98 Å². The van der Waals surface area contributed by atoms with Crippen LogP contribution in [-0.4, -0.2) is 32.5 Å². The Hall–Kier alpha value is -2.76. The standard InChI is InChI=1S/C18H18F3N5O2S/c19-18(20,21)10-1-2-11(23-7-10)12-3-4-14(24-12)17(28)26-13(5-6-22)15-9-29-16(8-27)25-15/h1-4,7,9,13,24,27H,5-6,8,22H2,(H,26,28). The van der Waals surface area contributed by atoms with Gasteiger partial charge in [-0.05, 0) is 37.2 Å². The Kier molecular flexibility index (Phi) is 6.30. The van der Waals surface area contributed by atoms with Crippen molar-refractivity contribution >= 4 is 17.2 Å².